The zero-order chi connectivity index (χ0) is 18.4. The molecule has 0 amide bonds. The van der Waals surface area contributed by atoms with E-state index in [1.165, 1.54) is 22.3 Å². The van der Waals surface area contributed by atoms with Gasteiger partial charge >= 0.3 is 0 Å². The fraction of sp³-hybridized carbons (Fsp3) is 0.417. The molecule has 1 aliphatic carbocycles. The van der Waals surface area contributed by atoms with Crippen molar-refractivity contribution in [3.05, 3.63) is 83.4 Å². The topological polar surface area (TPSA) is 12.5 Å². The van der Waals surface area contributed by atoms with E-state index in [2.05, 4.69) is 73.1 Å². The summed E-state index contributed by atoms with van der Waals surface area (Å²) in [5.41, 5.74) is 5.92. The molecule has 0 heterocycles. The SMILES string of the molecule is C=CCC1(CCN(C)COCC)c2ccccc2CCc2ccccc21. The number of aryl methyl sites for hydroxylation is 2. The Morgan fingerprint density at radius 3 is 2.15 bits per heavy atom. The molecule has 0 saturated carbocycles. The van der Waals surface area contributed by atoms with Crippen LogP contribution in [0.4, 0.5) is 0 Å². The van der Waals surface area contributed by atoms with Crippen molar-refractivity contribution in [3.8, 4) is 0 Å². The van der Waals surface area contributed by atoms with Crippen molar-refractivity contribution < 1.29 is 4.74 Å². The number of fused-ring (bicyclic) bond motifs is 2. The van der Waals surface area contributed by atoms with Gasteiger partial charge in [0.05, 0.1) is 6.73 Å². The number of ether oxygens (including phenoxy) is 1. The smallest absolute Gasteiger partial charge is 0.0987 e. The van der Waals surface area contributed by atoms with Crippen LogP contribution in [0, 0.1) is 0 Å². The minimum atomic E-state index is -0.00802. The van der Waals surface area contributed by atoms with Crippen LogP contribution in [0.2, 0.25) is 0 Å². The zero-order valence-corrected chi connectivity index (χ0v) is 16.2. The summed E-state index contributed by atoms with van der Waals surface area (Å²) in [5, 5.41) is 0. The van der Waals surface area contributed by atoms with Crippen LogP contribution >= 0.6 is 0 Å². The molecule has 2 aromatic carbocycles. The molecule has 0 bridgehead atoms. The first-order valence-corrected chi connectivity index (χ1v) is 9.75. The Hall–Kier alpha value is -1.90. The van der Waals surface area contributed by atoms with E-state index in [9.17, 15) is 0 Å². The van der Waals surface area contributed by atoms with Crippen molar-refractivity contribution in [1.29, 1.82) is 0 Å². The summed E-state index contributed by atoms with van der Waals surface area (Å²) in [6.07, 6.45) is 6.35. The van der Waals surface area contributed by atoms with Crippen LogP contribution < -0.4 is 0 Å². The molecule has 0 aliphatic heterocycles. The molecule has 0 unspecified atom stereocenters. The lowest BCUT2D eigenvalue weighted by Gasteiger charge is -2.37. The molecule has 2 aromatic rings. The van der Waals surface area contributed by atoms with Gasteiger partial charge in [-0.15, -0.1) is 6.58 Å². The van der Waals surface area contributed by atoms with Gasteiger partial charge in [-0.05, 0) is 61.9 Å². The Kier molecular flexibility index (Phi) is 6.29. The molecule has 138 valence electrons. The van der Waals surface area contributed by atoms with Crippen molar-refractivity contribution in [3.63, 3.8) is 0 Å². The van der Waals surface area contributed by atoms with Gasteiger partial charge in [0, 0.05) is 18.6 Å². The normalized spacial score (nSPS) is 15.2. The maximum absolute atomic E-state index is 5.60. The summed E-state index contributed by atoms with van der Waals surface area (Å²) in [4.78, 5) is 2.28. The molecule has 26 heavy (non-hydrogen) atoms. The van der Waals surface area contributed by atoms with Gasteiger partial charge in [-0.2, -0.15) is 0 Å². The van der Waals surface area contributed by atoms with Crippen LogP contribution in [-0.2, 0) is 23.0 Å². The molecule has 0 N–H and O–H groups in total. The predicted molar refractivity (Wildman–Crippen MR) is 110 cm³/mol. The van der Waals surface area contributed by atoms with Crippen molar-refractivity contribution in [2.24, 2.45) is 0 Å². The zero-order valence-electron chi connectivity index (χ0n) is 16.2. The third kappa shape index (κ3) is 3.77. The number of rotatable bonds is 8. The number of hydrogen-bond acceptors (Lipinski definition) is 2. The van der Waals surface area contributed by atoms with Gasteiger partial charge in [0.15, 0.2) is 0 Å². The van der Waals surface area contributed by atoms with Crippen LogP contribution in [0.5, 0.6) is 0 Å². The average molecular weight is 350 g/mol. The van der Waals surface area contributed by atoms with Crippen LogP contribution in [0.3, 0.4) is 0 Å². The quantitative estimate of drug-likeness (QED) is 0.493. The Labute approximate surface area is 158 Å². The second-order valence-corrected chi connectivity index (χ2v) is 7.34. The van der Waals surface area contributed by atoms with Gasteiger partial charge < -0.3 is 4.74 Å². The largest absolute Gasteiger partial charge is 0.366 e. The molecular weight excluding hydrogens is 318 g/mol. The van der Waals surface area contributed by atoms with E-state index in [1.807, 2.05) is 6.92 Å². The van der Waals surface area contributed by atoms with E-state index >= 15 is 0 Å². The van der Waals surface area contributed by atoms with Crippen LogP contribution in [0.15, 0.2) is 61.2 Å². The van der Waals surface area contributed by atoms with Crippen molar-refractivity contribution in [2.75, 3.05) is 26.9 Å². The second kappa shape index (κ2) is 8.66. The van der Waals surface area contributed by atoms with E-state index in [1.54, 1.807) is 0 Å². The average Bonchev–Trinajstić information content (AvgIpc) is 2.81. The molecular formula is C24H31NO. The lowest BCUT2D eigenvalue weighted by molar-refractivity contribution is 0.0476. The fourth-order valence-electron chi connectivity index (χ4n) is 4.36. The molecule has 1 aliphatic rings. The number of nitrogens with zero attached hydrogens (tertiary/aromatic N) is 1. The minimum absolute atomic E-state index is 0.00802. The highest BCUT2D eigenvalue weighted by molar-refractivity contribution is 5.50. The van der Waals surface area contributed by atoms with Gasteiger partial charge in [0.2, 0.25) is 0 Å². The Morgan fingerprint density at radius 1 is 1.04 bits per heavy atom. The van der Waals surface area contributed by atoms with Crippen molar-refractivity contribution in [1.82, 2.24) is 4.90 Å². The standard InChI is InChI=1S/C24H31NO/c1-4-16-24(17-18-25(3)19-26-5-2)22-12-8-6-10-20(22)14-15-21-11-7-9-13-23(21)24/h4,6-13H,1,5,14-19H2,2-3H3. The van der Waals surface area contributed by atoms with E-state index in [4.69, 9.17) is 4.74 Å². The highest BCUT2D eigenvalue weighted by Gasteiger charge is 2.37. The lowest BCUT2D eigenvalue weighted by Crippen LogP contribution is -2.34. The van der Waals surface area contributed by atoms with Gasteiger partial charge in [-0.3, -0.25) is 4.90 Å². The van der Waals surface area contributed by atoms with E-state index < -0.39 is 0 Å². The van der Waals surface area contributed by atoms with Crippen LogP contribution in [0.1, 0.15) is 42.0 Å². The summed E-state index contributed by atoms with van der Waals surface area (Å²) >= 11 is 0. The lowest BCUT2D eigenvalue weighted by atomic mass is 9.68. The van der Waals surface area contributed by atoms with Crippen LogP contribution in [0.25, 0.3) is 0 Å². The second-order valence-electron chi connectivity index (χ2n) is 7.34. The van der Waals surface area contributed by atoms with Crippen molar-refractivity contribution in [2.45, 2.75) is 38.0 Å². The molecule has 0 aromatic heterocycles. The molecule has 2 nitrogen and oxygen atoms in total. The first-order chi connectivity index (χ1) is 12.7. The Bertz CT molecular complexity index is 689. The first-order valence-electron chi connectivity index (χ1n) is 9.75. The highest BCUT2D eigenvalue weighted by atomic mass is 16.5. The summed E-state index contributed by atoms with van der Waals surface area (Å²) in [5.74, 6) is 0. The van der Waals surface area contributed by atoms with E-state index in [0.29, 0.717) is 6.73 Å². The molecule has 0 saturated heterocycles. The fourth-order valence-corrected chi connectivity index (χ4v) is 4.36. The Balaban J connectivity index is 2.04. The monoisotopic (exact) mass is 349 g/mol. The van der Waals surface area contributed by atoms with Crippen molar-refractivity contribution >= 4 is 0 Å². The molecule has 3 rings (SSSR count). The third-order valence-electron chi connectivity index (χ3n) is 5.66. The molecule has 0 radical (unpaired) electrons. The Morgan fingerprint density at radius 2 is 1.62 bits per heavy atom. The number of hydrogen-bond donors (Lipinski definition) is 0. The summed E-state index contributed by atoms with van der Waals surface area (Å²) in [7, 11) is 2.14. The highest BCUT2D eigenvalue weighted by Crippen LogP contribution is 2.45. The molecule has 0 atom stereocenters. The molecule has 0 fully saturated rings. The first kappa shape index (κ1) is 18.9. The molecule has 0 spiro atoms. The summed E-state index contributed by atoms with van der Waals surface area (Å²) in [6, 6.07) is 18.0. The number of benzene rings is 2. The van der Waals surface area contributed by atoms with Gasteiger partial charge in [0.25, 0.3) is 0 Å². The minimum Gasteiger partial charge on any atom is -0.366 e. The van der Waals surface area contributed by atoms with Crippen LogP contribution in [-0.4, -0.2) is 31.8 Å². The maximum Gasteiger partial charge on any atom is 0.0987 e. The third-order valence-corrected chi connectivity index (χ3v) is 5.66. The van der Waals surface area contributed by atoms with E-state index in [0.717, 1.165) is 38.8 Å². The van der Waals surface area contributed by atoms with Gasteiger partial charge in [-0.25, -0.2) is 0 Å². The number of allylic oxidation sites excluding steroid dienone is 1. The van der Waals surface area contributed by atoms with Gasteiger partial charge in [-0.1, -0.05) is 54.6 Å². The molecule has 2 heteroatoms. The predicted octanol–water partition coefficient (Wildman–Crippen LogP) is 4.96. The summed E-state index contributed by atoms with van der Waals surface area (Å²) in [6.45, 7) is 8.60. The van der Waals surface area contributed by atoms with Gasteiger partial charge in [0.1, 0.15) is 0 Å². The van der Waals surface area contributed by atoms with E-state index in [-0.39, 0.29) is 5.41 Å². The maximum atomic E-state index is 5.60. The summed E-state index contributed by atoms with van der Waals surface area (Å²) < 4.78 is 5.60.